The van der Waals surface area contributed by atoms with Gasteiger partial charge in [-0.05, 0) is 19.1 Å². The molecule has 2 saturated heterocycles. The van der Waals surface area contributed by atoms with Crippen molar-refractivity contribution in [3.05, 3.63) is 39.7 Å². The number of benzene rings is 1. The topological polar surface area (TPSA) is 59.1 Å². The van der Waals surface area contributed by atoms with Crippen LogP contribution in [0.4, 0.5) is 5.88 Å². The van der Waals surface area contributed by atoms with Crippen molar-refractivity contribution in [1.29, 1.82) is 0 Å². The first-order chi connectivity index (χ1) is 13.7. The van der Waals surface area contributed by atoms with Crippen molar-refractivity contribution in [3.63, 3.8) is 0 Å². The molecule has 4 heterocycles. The SMILES string of the molecule is Cc1c2oc(CN3CCSCC3)cc2cc2c(=O)cc(N3CCOCC3)oc12. The highest BCUT2D eigenvalue weighted by Crippen LogP contribution is 2.31. The smallest absolute Gasteiger partial charge is 0.200 e. The predicted molar refractivity (Wildman–Crippen MR) is 113 cm³/mol. The van der Waals surface area contributed by atoms with Crippen LogP contribution in [0.3, 0.4) is 0 Å². The standard InChI is InChI=1S/C21H24N2O4S/c1-14-20-15(10-16(26-20)13-22-4-8-28-9-5-22)11-17-18(24)12-19(27-21(14)17)23-2-6-25-7-3-23/h10-12H,2-9,13H2,1H3. The lowest BCUT2D eigenvalue weighted by Gasteiger charge is -2.27. The molecule has 0 unspecified atom stereocenters. The van der Waals surface area contributed by atoms with Gasteiger partial charge in [-0.1, -0.05) is 0 Å². The highest BCUT2D eigenvalue weighted by molar-refractivity contribution is 7.99. The zero-order chi connectivity index (χ0) is 19.1. The molecule has 0 atom stereocenters. The highest BCUT2D eigenvalue weighted by Gasteiger charge is 2.20. The maximum Gasteiger partial charge on any atom is 0.200 e. The number of nitrogens with zero attached hydrogens (tertiary/aromatic N) is 2. The molecule has 0 aliphatic carbocycles. The Bertz CT molecular complexity index is 1060. The Morgan fingerprint density at radius 3 is 2.57 bits per heavy atom. The summed E-state index contributed by atoms with van der Waals surface area (Å²) in [6.45, 7) is 7.72. The molecule has 0 amide bonds. The van der Waals surface area contributed by atoms with Crippen LogP contribution in [0, 0.1) is 6.92 Å². The maximum atomic E-state index is 12.8. The maximum absolute atomic E-state index is 12.8. The van der Waals surface area contributed by atoms with E-state index >= 15 is 0 Å². The average molecular weight is 401 g/mol. The Balaban J connectivity index is 1.55. The number of morpholine rings is 1. The van der Waals surface area contributed by atoms with Gasteiger partial charge in [0.05, 0.1) is 25.1 Å². The summed E-state index contributed by atoms with van der Waals surface area (Å²) < 4.78 is 17.8. The molecule has 28 heavy (non-hydrogen) atoms. The van der Waals surface area contributed by atoms with Crippen LogP contribution in [-0.2, 0) is 11.3 Å². The lowest BCUT2D eigenvalue weighted by Crippen LogP contribution is -2.36. The van der Waals surface area contributed by atoms with Crippen molar-refractivity contribution in [3.8, 4) is 0 Å². The summed E-state index contributed by atoms with van der Waals surface area (Å²) in [6.07, 6.45) is 0. The van der Waals surface area contributed by atoms with Gasteiger partial charge in [0.25, 0.3) is 0 Å². The van der Waals surface area contributed by atoms with Gasteiger partial charge >= 0.3 is 0 Å². The van der Waals surface area contributed by atoms with Gasteiger partial charge in [-0.15, -0.1) is 0 Å². The Kier molecular flexibility index (Phi) is 4.82. The van der Waals surface area contributed by atoms with Crippen LogP contribution in [-0.4, -0.2) is 55.8 Å². The fourth-order valence-corrected chi connectivity index (χ4v) is 5.00. The van der Waals surface area contributed by atoms with Gasteiger partial charge in [-0.25, -0.2) is 0 Å². The molecule has 0 saturated carbocycles. The first kappa shape index (κ1) is 18.1. The van der Waals surface area contributed by atoms with Crippen molar-refractivity contribution in [1.82, 2.24) is 4.90 Å². The molecule has 2 fully saturated rings. The van der Waals surface area contributed by atoms with Crippen molar-refractivity contribution in [2.75, 3.05) is 55.8 Å². The molecule has 0 spiro atoms. The summed E-state index contributed by atoms with van der Waals surface area (Å²) in [7, 11) is 0. The third-order valence-corrected chi connectivity index (χ3v) is 6.51. The molecule has 6 nitrogen and oxygen atoms in total. The highest BCUT2D eigenvalue weighted by atomic mass is 32.2. The first-order valence-electron chi connectivity index (χ1n) is 9.82. The average Bonchev–Trinajstić information content (AvgIpc) is 3.13. The molecule has 0 radical (unpaired) electrons. The minimum Gasteiger partial charge on any atom is -0.459 e. The third kappa shape index (κ3) is 3.32. The van der Waals surface area contributed by atoms with E-state index in [0.29, 0.717) is 30.1 Å². The Morgan fingerprint density at radius 1 is 1.00 bits per heavy atom. The van der Waals surface area contributed by atoms with Crippen LogP contribution in [0.2, 0.25) is 0 Å². The Hall–Kier alpha value is -1.96. The van der Waals surface area contributed by atoms with Gasteiger partial charge in [0.1, 0.15) is 16.9 Å². The van der Waals surface area contributed by atoms with Crippen molar-refractivity contribution in [2.24, 2.45) is 0 Å². The van der Waals surface area contributed by atoms with Gasteiger partial charge in [-0.3, -0.25) is 9.69 Å². The minimum atomic E-state index is -0.0106. The van der Waals surface area contributed by atoms with E-state index in [1.54, 1.807) is 6.07 Å². The van der Waals surface area contributed by atoms with Crippen LogP contribution in [0.5, 0.6) is 0 Å². The summed E-state index contributed by atoms with van der Waals surface area (Å²) in [6, 6.07) is 5.58. The molecule has 0 N–H and O–H groups in total. The lowest BCUT2D eigenvalue weighted by atomic mass is 10.1. The molecular formula is C21H24N2O4S. The van der Waals surface area contributed by atoms with Crippen molar-refractivity contribution >= 4 is 39.6 Å². The molecule has 3 aromatic rings. The van der Waals surface area contributed by atoms with Crippen LogP contribution in [0.25, 0.3) is 21.9 Å². The number of rotatable bonds is 3. The number of hydrogen-bond donors (Lipinski definition) is 0. The number of ether oxygens (including phenoxy) is 1. The summed E-state index contributed by atoms with van der Waals surface area (Å²) >= 11 is 2.00. The van der Waals surface area contributed by atoms with E-state index in [9.17, 15) is 4.79 Å². The zero-order valence-corrected chi connectivity index (χ0v) is 16.8. The summed E-state index contributed by atoms with van der Waals surface area (Å²) in [5.41, 5.74) is 2.32. The van der Waals surface area contributed by atoms with E-state index in [0.717, 1.165) is 55.0 Å². The summed E-state index contributed by atoms with van der Waals surface area (Å²) in [5, 5.41) is 1.58. The quantitative estimate of drug-likeness (QED) is 0.669. The van der Waals surface area contributed by atoms with E-state index in [1.807, 2.05) is 24.8 Å². The molecule has 1 aromatic carbocycles. The second kappa shape index (κ2) is 7.46. The monoisotopic (exact) mass is 400 g/mol. The number of hydrogen-bond acceptors (Lipinski definition) is 7. The molecule has 7 heteroatoms. The molecule has 2 aliphatic rings. The van der Waals surface area contributed by atoms with Crippen LogP contribution in [0.15, 0.2) is 31.8 Å². The van der Waals surface area contributed by atoms with Gasteiger partial charge in [-0.2, -0.15) is 11.8 Å². The number of anilines is 1. The second-order valence-electron chi connectivity index (χ2n) is 7.45. The van der Waals surface area contributed by atoms with Crippen LogP contribution >= 0.6 is 11.8 Å². The van der Waals surface area contributed by atoms with E-state index in [4.69, 9.17) is 13.6 Å². The van der Waals surface area contributed by atoms with E-state index in [2.05, 4.69) is 15.9 Å². The largest absolute Gasteiger partial charge is 0.459 e. The molecular weight excluding hydrogens is 376 g/mol. The second-order valence-corrected chi connectivity index (χ2v) is 8.67. The number of fused-ring (bicyclic) bond motifs is 2. The number of furan rings is 1. The zero-order valence-electron chi connectivity index (χ0n) is 16.0. The fourth-order valence-electron chi connectivity index (χ4n) is 4.02. The molecule has 5 rings (SSSR count). The van der Waals surface area contributed by atoms with Gasteiger partial charge in [0, 0.05) is 54.7 Å². The molecule has 148 valence electrons. The Labute approximate surface area is 167 Å². The third-order valence-electron chi connectivity index (χ3n) is 5.57. The molecule has 2 aliphatic heterocycles. The Morgan fingerprint density at radius 2 is 1.79 bits per heavy atom. The minimum absolute atomic E-state index is 0.0106. The number of aryl methyl sites for hydroxylation is 1. The van der Waals surface area contributed by atoms with Crippen LogP contribution in [0.1, 0.15) is 11.3 Å². The first-order valence-corrected chi connectivity index (χ1v) is 11.0. The predicted octanol–water partition coefficient (Wildman–Crippen LogP) is 3.23. The van der Waals surface area contributed by atoms with Crippen molar-refractivity contribution < 1.29 is 13.6 Å². The van der Waals surface area contributed by atoms with Gasteiger partial charge in [0.2, 0.25) is 0 Å². The fraction of sp³-hybridized carbons (Fsp3) is 0.476. The lowest BCUT2D eigenvalue weighted by molar-refractivity contribution is 0.121. The molecule has 2 aromatic heterocycles. The van der Waals surface area contributed by atoms with Gasteiger partial charge < -0.3 is 18.5 Å². The van der Waals surface area contributed by atoms with Crippen molar-refractivity contribution in [2.45, 2.75) is 13.5 Å². The van der Waals surface area contributed by atoms with Gasteiger partial charge in [0.15, 0.2) is 11.3 Å². The summed E-state index contributed by atoms with van der Waals surface area (Å²) in [4.78, 5) is 17.3. The van der Waals surface area contributed by atoms with Crippen LogP contribution < -0.4 is 10.3 Å². The normalized spacial score (nSPS) is 19.0. The summed E-state index contributed by atoms with van der Waals surface area (Å²) in [5.74, 6) is 3.90. The number of thioether (sulfide) groups is 1. The van der Waals surface area contributed by atoms with E-state index in [1.165, 1.54) is 11.5 Å². The molecule has 0 bridgehead atoms. The van der Waals surface area contributed by atoms with E-state index in [-0.39, 0.29) is 5.43 Å². The van der Waals surface area contributed by atoms with E-state index < -0.39 is 0 Å².